The van der Waals surface area contributed by atoms with Crippen molar-refractivity contribution in [2.24, 2.45) is 5.73 Å². The molecule has 156 valence electrons. The zero-order valence-corrected chi connectivity index (χ0v) is 17.8. The number of esters is 1. The van der Waals surface area contributed by atoms with Gasteiger partial charge in [0.1, 0.15) is 11.6 Å². The summed E-state index contributed by atoms with van der Waals surface area (Å²) in [5.41, 5.74) is 10.4. The number of aromatic amines is 1. The molecule has 0 radical (unpaired) electrons. The summed E-state index contributed by atoms with van der Waals surface area (Å²) in [6, 6.07) is 17.4. The van der Waals surface area contributed by atoms with E-state index in [-0.39, 0.29) is 5.88 Å². The number of carbonyl (C=O) groups is 1. The number of methoxy groups -OCH3 is 1. The first-order chi connectivity index (χ1) is 15.0. The van der Waals surface area contributed by atoms with Gasteiger partial charge in [0.2, 0.25) is 11.8 Å². The number of hydrogen-bond acceptors (Lipinski definition) is 7. The van der Waals surface area contributed by atoms with Crippen LogP contribution in [-0.2, 0) is 10.5 Å². The molecule has 0 aliphatic carbocycles. The van der Waals surface area contributed by atoms with E-state index < -0.39 is 11.9 Å². The lowest BCUT2D eigenvalue weighted by molar-refractivity contribution is 0.0600. The fourth-order valence-electron chi connectivity index (χ4n) is 3.47. The van der Waals surface area contributed by atoms with Gasteiger partial charge < -0.3 is 15.2 Å². The number of nitrogens with two attached hydrogens (primary N) is 1. The molecule has 0 fully saturated rings. The van der Waals surface area contributed by atoms with Crippen molar-refractivity contribution in [2.75, 3.05) is 7.11 Å². The van der Waals surface area contributed by atoms with Crippen LogP contribution < -0.4 is 10.5 Å². The Balaban J connectivity index is 1.70. The topological polar surface area (TPSA) is 114 Å². The third-order valence-corrected chi connectivity index (χ3v) is 6.13. The van der Waals surface area contributed by atoms with E-state index >= 15 is 0 Å². The van der Waals surface area contributed by atoms with Crippen LogP contribution in [0.4, 0.5) is 0 Å². The zero-order chi connectivity index (χ0) is 22.0. The fraction of sp³-hybridized carbons (Fsp3) is 0.174. The predicted molar refractivity (Wildman–Crippen MR) is 116 cm³/mol. The predicted octanol–water partition coefficient (Wildman–Crippen LogP) is 4.02. The van der Waals surface area contributed by atoms with Crippen LogP contribution in [0.3, 0.4) is 0 Å². The van der Waals surface area contributed by atoms with E-state index in [0.717, 1.165) is 21.7 Å². The summed E-state index contributed by atoms with van der Waals surface area (Å²) in [4.78, 5) is 12.9. The minimum Gasteiger partial charge on any atom is -0.465 e. The van der Waals surface area contributed by atoms with E-state index in [9.17, 15) is 10.1 Å². The summed E-state index contributed by atoms with van der Waals surface area (Å²) in [5, 5.41) is 17.1. The van der Waals surface area contributed by atoms with Gasteiger partial charge in [-0.3, -0.25) is 5.10 Å². The van der Waals surface area contributed by atoms with Crippen LogP contribution in [-0.4, -0.2) is 23.3 Å². The van der Waals surface area contributed by atoms with Crippen molar-refractivity contribution in [2.45, 2.75) is 23.5 Å². The summed E-state index contributed by atoms with van der Waals surface area (Å²) in [5.74, 6) is 0.129. The Bertz CT molecular complexity index is 1190. The molecule has 8 heteroatoms. The molecule has 3 aromatic rings. The second kappa shape index (κ2) is 8.58. The summed E-state index contributed by atoms with van der Waals surface area (Å²) in [7, 11) is 1.34. The molecule has 0 saturated carbocycles. The first kappa shape index (κ1) is 20.6. The molecule has 1 aromatic heterocycles. The molecule has 0 unspecified atom stereocenters. The summed E-state index contributed by atoms with van der Waals surface area (Å²) in [6.07, 6.45) is 0. The molecule has 1 aliphatic rings. The highest BCUT2D eigenvalue weighted by molar-refractivity contribution is 7.98. The van der Waals surface area contributed by atoms with E-state index in [0.29, 0.717) is 22.8 Å². The van der Waals surface area contributed by atoms with Crippen LogP contribution in [0.5, 0.6) is 5.88 Å². The van der Waals surface area contributed by atoms with Gasteiger partial charge in [0.25, 0.3) is 0 Å². The van der Waals surface area contributed by atoms with Gasteiger partial charge in [-0.1, -0.05) is 29.8 Å². The molecule has 2 aromatic carbocycles. The number of rotatable bonds is 5. The number of fused-ring (bicyclic) bond motifs is 1. The number of aromatic nitrogens is 2. The van der Waals surface area contributed by atoms with Gasteiger partial charge >= 0.3 is 5.97 Å². The van der Waals surface area contributed by atoms with Gasteiger partial charge in [-0.05, 0) is 36.8 Å². The number of carbonyl (C=O) groups excluding carboxylic acids is 1. The van der Waals surface area contributed by atoms with Crippen LogP contribution in [0.15, 0.2) is 64.9 Å². The third kappa shape index (κ3) is 4.00. The third-order valence-electron chi connectivity index (χ3n) is 5.09. The molecule has 0 saturated heterocycles. The standard InChI is InChI=1S/C23H20N4O3S/c1-13-3-9-16(10-4-13)31-12-18-20-19(14-5-7-15(8-6-14)23(28)29-2)17(11-24)21(25)30-22(20)27-26-18/h3-10,19H,12,25H2,1-2H3,(H,26,27)/t19-/m1/s1. The Morgan fingerprint density at radius 2 is 1.97 bits per heavy atom. The highest BCUT2D eigenvalue weighted by Crippen LogP contribution is 2.44. The molecule has 31 heavy (non-hydrogen) atoms. The Kier molecular flexibility index (Phi) is 5.69. The minimum absolute atomic E-state index is 0.0290. The van der Waals surface area contributed by atoms with Crippen molar-refractivity contribution < 1.29 is 14.3 Å². The van der Waals surface area contributed by atoms with E-state index in [1.165, 1.54) is 12.7 Å². The maximum atomic E-state index is 11.8. The molecule has 1 atom stereocenters. The average Bonchev–Trinajstić information content (AvgIpc) is 3.19. The Labute approximate surface area is 183 Å². The molecule has 2 heterocycles. The summed E-state index contributed by atoms with van der Waals surface area (Å²) in [6.45, 7) is 2.05. The van der Waals surface area contributed by atoms with Crippen molar-refractivity contribution in [3.05, 3.63) is 87.9 Å². The molecule has 0 amide bonds. The fourth-order valence-corrected chi connectivity index (χ4v) is 4.33. The lowest BCUT2D eigenvalue weighted by atomic mass is 9.84. The van der Waals surface area contributed by atoms with Gasteiger partial charge in [-0.25, -0.2) is 4.79 Å². The summed E-state index contributed by atoms with van der Waals surface area (Å²) >= 11 is 1.66. The first-order valence-corrected chi connectivity index (χ1v) is 10.5. The molecule has 4 rings (SSSR count). The van der Waals surface area contributed by atoms with Crippen molar-refractivity contribution in [1.82, 2.24) is 10.2 Å². The number of allylic oxidation sites excluding steroid dienone is 1. The second-order valence-electron chi connectivity index (χ2n) is 7.06. The van der Waals surface area contributed by atoms with Crippen molar-refractivity contribution in [1.29, 1.82) is 5.26 Å². The maximum absolute atomic E-state index is 11.8. The summed E-state index contributed by atoms with van der Waals surface area (Å²) < 4.78 is 10.4. The lowest BCUT2D eigenvalue weighted by Crippen LogP contribution is -2.21. The highest BCUT2D eigenvalue weighted by Gasteiger charge is 2.35. The maximum Gasteiger partial charge on any atom is 0.337 e. The molecule has 7 nitrogen and oxygen atoms in total. The van der Waals surface area contributed by atoms with Crippen LogP contribution in [0.25, 0.3) is 0 Å². The van der Waals surface area contributed by atoms with Crippen molar-refractivity contribution in [3.8, 4) is 11.9 Å². The SMILES string of the molecule is COC(=O)c1ccc([C@@H]2C(C#N)=C(N)Oc3n[nH]c(CSc4ccc(C)cc4)c32)cc1. The smallest absolute Gasteiger partial charge is 0.337 e. The molecule has 0 bridgehead atoms. The molecular formula is C23H20N4O3S. The number of thioether (sulfide) groups is 1. The lowest BCUT2D eigenvalue weighted by Gasteiger charge is -2.24. The number of aryl methyl sites for hydroxylation is 1. The van der Waals surface area contributed by atoms with Crippen LogP contribution in [0.1, 0.15) is 38.7 Å². The largest absolute Gasteiger partial charge is 0.465 e. The average molecular weight is 433 g/mol. The van der Waals surface area contributed by atoms with E-state index in [1.807, 2.05) is 6.92 Å². The van der Waals surface area contributed by atoms with Crippen molar-refractivity contribution >= 4 is 17.7 Å². The van der Waals surface area contributed by atoms with Gasteiger partial charge in [0.15, 0.2) is 0 Å². The van der Waals surface area contributed by atoms with E-state index in [2.05, 4.69) is 40.5 Å². The zero-order valence-electron chi connectivity index (χ0n) is 17.0. The van der Waals surface area contributed by atoms with Crippen molar-refractivity contribution in [3.63, 3.8) is 0 Å². The molecule has 3 N–H and O–H groups in total. The number of hydrogen-bond donors (Lipinski definition) is 2. The van der Waals surface area contributed by atoms with E-state index in [1.54, 1.807) is 36.0 Å². The number of benzene rings is 2. The highest BCUT2D eigenvalue weighted by atomic mass is 32.2. The normalized spacial score (nSPS) is 15.1. The van der Waals surface area contributed by atoms with Gasteiger partial charge in [-0.2, -0.15) is 5.26 Å². The molecule has 1 aliphatic heterocycles. The number of H-pyrrole nitrogens is 1. The quantitative estimate of drug-likeness (QED) is 0.462. The molecular weight excluding hydrogens is 412 g/mol. The number of nitrogens with zero attached hydrogens (tertiary/aromatic N) is 2. The van der Waals surface area contributed by atoms with E-state index in [4.69, 9.17) is 15.2 Å². The number of nitrogens with one attached hydrogen (secondary N) is 1. The number of nitriles is 1. The monoisotopic (exact) mass is 432 g/mol. The van der Waals surface area contributed by atoms with Gasteiger partial charge in [0, 0.05) is 10.6 Å². The Hall–Kier alpha value is -3.70. The Morgan fingerprint density at radius 3 is 2.61 bits per heavy atom. The minimum atomic E-state index is -0.451. The van der Waals surface area contributed by atoms with Gasteiger partial charge in [-0.15, -0.1) is 16.9 Å². The van der Waals surface area contributed by atoms with Gasteiger partial charge in [0.05, 0.1) is 29.8 Å². The Morgan fingerprint density at radius 1 is 1.26 bits per heavy atom. The second-order valence-corrected chi connectivity index (χ2v) is 8.11. The molecule has 0 spiro atoms. The van der Waals surface area contributed by atoms with Crippen LogP contribution in [0.2, 0.25) is 0 Å². The van der Waals surface area contributed by atoms with Crippen LogP contribution >= 0.6 is 11.8 Å². The van der Waals surface area contributed by atoms with Crippen LogP contribution in [0, 0.1) is 18.3 Å². The first-order valence-electron chi connectivity index (χ1n) is 9.54. The number of ether oxygens (including phenoxy) is 2.